The van der Waals surface area contributed by atoms with E-state index in [1.165, 1.54) is 6.07 Å². The van der Waals surface area contributed by atoms with Gasteiger partial charge >= 0.3 is 0 Å². The van der Waals surface area contributed by atoms with Crippen LogP contribution in [0, 0.1) is 5.82 Å². The normalized spacial score (nSPS) is 16.7. The number of rotatable bonds is 3. The van der Waals surface area contributed by atoms with Gasteiger partial charge in [0.05, 0.1) is 0 Å². The molecular formula is C22H18FN3O2. The van der Waals surface area contributed by atoms with Crippen molar-refractivity contribution in [3.63, 3.8) is 0 Å². The van der Waals surface area contributed by atoms with Crippen LogP contribution in [0.2, 0.25) is 0 Å². The molecule has 0 saturated carbocycles. The lowest BCUT2D eigenvalue weighted by atomic mass is 10.0. The fraction of sp³-hybridized carbons (Fsp3) is 0.182. The molecule has 1 aliphatic heterocycles. The van der Waals surface area contributed by atoms with Crippen molar-refractivity contribution in [2.75, 3.05) is 11.9 Å². The molecule has 5 rings (SSSR count). The first-order valence-corrected chi connectivity index (χ1v) is 9.28. The van der Waals surface area contributed by atoms with E-state index in [9.17, 15) is 9.18 Å². The van der Waals surface area contributed by atoms with Crippen LogP contribution in [0.1, 0.15) is 12.8 Å². The Bertz CT molecular complexity index is 1200. The zero-order valence-electron chi connectivity index (χ0n) is 15.0. The van der Waals surface area contributed by atoms with Crippen LogP contribution in [-0.4, -0.2) is 28.8 Å². The third kappa shape index (κ3) is 2.92. The number of aromatic nitrogens is 2. The number of amides is 1. The van der Waals surface area contributed by atoms with Crippen molar-refractivity contribution in [3.8, 4) is 11.3 Å². The summed E-state index contributed by atoms with van der Waals surface area (Å²) in [6.45, 7) is 0.583. The number of aromatic amines is 1. The van der Waals surface area contributed by atoms with E-state index in [2.05, 4.69) is 15.5 Å². The van der Waals surface area contributed by atoms with E-state index < -0.39 is 11.9 Å². The van der Waals surface area contributed by atoms with Crippen LogP contribution in [0.3, 0.4) is 0 Å². The van der Waals surface area contributed by atoms with Gasteiger partial charge in [0.25, 0.3) is 5.91 Å². The average Bonchev–Trinajstić information content (AvgIpc) is 3.38. The summed E-state index contributed by atoms with van der Waals surface area (Å²) >= 11 is 0. The molecule has 28 heavy (non-hydrogen) atoms. The Morgan fingerprint density at radius 1 is 1.14 bits per heavy atom. The molecule has 1 aliphatic rings. The maximum atomic E-state index is 14.6. The Kier molecular flexibility index (Phi) is 4.06. The molecule has 6 heteroatoms. The summed E-state index contributed by atoms with van der Waals surface area (Å²) in [5.74, 6) is -0.702. The zero-order chi connectivity index (χ0) is 19.1. The Hall–Kier alpha value is -3.25. The molecule has 5 nitrogen and oxygen atoms in total. The highest BCUT2D eigenvalue weighted by Crippen LogP contribution is 2.32. The van der Waals surface area contributed by atoms with Gasteiger partial charge < -0.3 is 10.1 Å². The van der Waals surface area contributed by atoms with E-state index in [4.69, 9.17) is 4.74 Å². The number of anilines is 1. The molecule has 0 radical (unpaired) electrons. The van der Waals surface area contributed by atoms with Crippen molar-refractivity contribution in [3.05, 3.63) is 60.4 Å². The summed E-state index contributed by atoms with van der Waals surface area (Å²) in [5.41, 5.74) is 2.24. The van der Waals surface area contributed by atoms with Gasteiger partial charge in [0.2, 0.25) is 0 Å². The summed E-state index contributed by atoms with van der Waals surface area (Å²) in [7, 11) is 0. The summed E-state index contributed by atoms with van der Waals surface area (Å²) < 4.78 is 20.0. The van der Waals surface area contributed by atoms with Gasteiger partial charge in [-0.1, -0.05) is 36.4 Å². The lowest BCUT2D eigenvalue weighted by Crippen LogP contribution is -2.26. The summed E-state index contributed by atoms with van der Waals surface area (Å²) in [6, 6.07) is 17.1. The van der Waals surface area contributed by atoms with Gasteiger partial charge in [0, 0.05) is 23.2 Å². The number of nitrogens with one attached hydrogen (secondary N) is 2. The molecule has 0 aliphatic carbocycles. The first-order valence-electron chi connectivity index (χ1n) is 9.28. The van der Waals surface area contributed by atoms with Crippen molar-refractivity contribution < 1.29 is 13.9 Å². The minimum absolute atomic E-state index is 0.244. The number of carbonyl (C=O) groups is 1. The molecule has 1 amide bonds. The lowest BCUT2D eigenvalue weighted by molar-refractivity contribution is -0.124. The predicted octanol–water partition coefficient (Wildman–Crippen LogP) is 4.64. The molecular weight excluding hydrogens is 357 g/mol. The average molecular weight is 375 g/mol. The predicted molar refractivity (Wildman–Crippen MR) is 107 cm³/mol. The van der Waals surface area contributed by atoms with E-state index >= 15 is 0 Å². The Morgan fingerprint density at radius 3 is 2.82 bits per heavy atom. The summed E-state index contributed by atoms with van der Waals surface area (Å²) in [4.78, 5) is 12.3. The third-order valence-corrected chi connectivity index (χ3v) is 5.14. The zero-order valence-corrected chi connectivity index (χ0v) is 15.0. The van der Waals surface area contributed by atoms with E-state index in [1.54, 1.807) is 6.07 Å². The topological polar surface area (TPSA) is 67.0 Å². The molecule has 1 atom stereocenters. The van der Waals surface area contributed by atoms with E-state index in [1.807, 2.05) is 42.5 Å². The number of hydrogen-bond acceptors (Lipinski definition) is 3. The molecule has 1 unspecified atom stereocenters. The second-order valence-electron chi connectivity index (χ2n) is 7.01. The minimum Gasteiger partial charge on any atom is -0.368 e. The molecule has 0 bridgehead atoms. The van der Waals surface area contributed by atoms with Gasteiger partial charge in [-0.25, -0.2) is 4.39 Å². The highest BCUT2D eigenvalue weighted by Gasteiger charge is 2.24. The molecule has 1 saturated heterocycles. The largest absolute Gasteiger partial charge is 0.368 e. The highest BCUT2D eigenvalue weighted by molar-refractivity contribution is 6.01. The van der Waals surface area contributed by atoms with Crippen LogP contribution in [0.15, 0.2) is 54.6 Å². The summed E-state index contributed by atoms with van der Waals surface area (Å²) in [6.07, 6.45) is 1.08. The number of halogens is 1. The van der Waals surface area contributed by atoms with Crippen LogP contribution in [-0.2, 0) is 9.53 Å². The number of fused-ring (bicyclic) bond motifs is 2. The standard InChI is InChI=1S/C22H18FN3O2/c23-18-12-16(24-22(27)19-6-3-9-28-19)11-17-20(25-26-21(17)18)15-8-7-13-4-1-2-5-14(13)10-15/h1-2,4-5,7-8,10-12,19H,3,6,9H2,(H,24,27)(H,25,26). The number of hydrogen-bond donors (Lipinski definition) is 2. The minimum atomic E-state index is -0.469. The van der Waals surface area contributed by atoms with E-state index in [0.717, 1.165) is 22.8 Å². The number of nitrogens with zero attached hydrogens (tertiary/aromatic N) is 1. The smallest absolute Gasteiger partial charge is 0.253 e. The highest BCUT2D eigenvalue weighted by atomic mass is 19.1. The Labute approximate surface area is 160 Å². The number of benzene rings is 3. The molecule has 4 aromatic rings. The van der Waals surface area contributed by atoms with Crippen LogP contribution >= 0.6 is 0 Å². The van der Waals surface area contributed by atoms with Crippen LogP contribution in [0.25, 0.3) is 32.9 Å². The van der Waals surface area contributed by atoms with Gasteiger partial charge in [-0.2, -0.15) is 5.10 Å². The van der Waals surface area contributed by atoms with Gasteiger partial charge in [0.1, 0.15) is 17.3 Å². The fourth-order valence-electron chi connectivity index (χ4n) is 3.72. The van der Waals surface area contributed by atoms with Crippen molar-refractivity contribution in [2.24, 2.45) is 0 Å². The molecule has 3 aromatic carbocycles. The Balaban J connectivity index is 1.55. The van der Waals surface area contributed by atoms with Gasteiger partial charge in [0.15, 0.2) is 5.82 Å². The van der Waals surface area contributed by atoms with Gasteiger partial charge in [-0.3, -0.25) is 9.89 Å². The van der Waals surface area contributed by atoms with Crippen LogP contribution < -0.4 is 5.32 Å². The number of carbonyl (C=O) groups excluding carboxylic acids is 1. The number of ether oxygens (including phenoxy) is 1. The first-order chi connectivity index (χ1) is 13.7. The lowest BCUT2D eigenvalue weighted by Gasteiger charge is -2.11. The maximum absolute atomic E-state index is 14.6. The molecule has 0 spiro atoms. The molecule has 1 fully saturated rings. The first kappa shape index (κ1) is 16.9. The summed E-state index contributed by atoms with van der Waals surface area (Å²) in [5, 5.41) is 12.7. The SMILES string of the molecule is O=C(Nc1cc(F)c2[nH]nc(-c3ccc4ccccc4c3)c2c1)C1CCCO1. The monoisotopic (exact) mass is 375 g/mol. The second-order valence-corrected chi connectivity index (χ2v) is 7.01. The van der Waals surface area contributed by atoms with Crippen molar-refractivity contribution in [2.45, 2.75) is 18.9 Å². The van der Waals surface area contributed by atoms with Crippen molar-refractivity contribution in [1.82, 2.24) is 10.2 Å². The second kappa shape index (κ2) is 6.73. The quantitative estimate of drug-likeness (QED) is 0.548. The van der Waals surface area contributed by atoms with Gasteiger partial charge in [-0.05, 0) is 41.8 Å². The van der Waals surface area contributed by atoms with Crippen LogP contribution in [0.4, 0.5) is 10.1 Å². The van der Waals surface area contributed by atoms with Crippen molar-refractivity contribution in [1.29, 1.82) is 0 Å². The molecule has 140 valence electrons. The molecule has 2 heterocycles. The molecule has 1 aromatic heterocycles. The van der Waals surface area contributed by atoms with Crippen LogP contribution in [0.5, 0.6) is 0 Å². The van der Waals surface area contributed by atoms with E-state index in [0.29, 0.717) is 35.3 Å². The Morgan fingerprint density at radius 2 is 2.00 bits per heavy atom. The maximum Gasteiger partial charge on any atom is 0.253 e. The van der Waals surface area contributed by atoms with Gasteiger partial charge in [-0.15, -0.1) is 0 Å². The fourth-order valence-corrected chi connectivity index (χ4v) is 3.72. The third-order valence-electron chi connectivity index (χ3n) is 5.14. The molecule has 2 N–H and O–H groups in total. The number of H-pyrrole nitrogens is 1. The van der Waals surface area contributed by atoms with Crippen molar-refractivity contribution >= 4 is 33.3 Å². The van der Waals surface area contributed by atoms with E-state index in [-0.39, 0.29) is 5.91 Å².